The van der Waals surface area contributed by atoms with Gasteiger partial charge in [0.1, 0.15) is 10.0 Å². The summed E-state index contributed by atoms with van der Waals surface area (Å²) in [4.78, 5) is 14.9. The normalized spacial score (nSPS) is 18.5. The first-order chi connectivity index (χ1) is 11.8. The molecule has 2 aromatic rings. The van der Waals surface area contributed by atoms with Crippen molar-refractivity contribution in [2.75, 3.05) is 6.54 Å². The van der Waals surface area contributed by atoms with E-state index in [0.29, 0.717) is 6.54 Å². The number of likely N-dealkylation sites (tertiary alicyclic amines) is 1. The van der Waals surface area contributed by atoms with Gasteiger partial charge in [0.25, 0.3) is 0 Å². The second-order valence-corrected chi connectivity index (χ2v) is 7.28. The molecule has 1 N–H and O–H groups in total. The van der Waals surface area contributed by atoms with Crippen molar-refractivity contribution in [2.24, 2.45) is 0 Å². The average Bonchev–Trinajstić information content (AvgIpc) is 3.09. The van der Waals surface area contributed by atoms with Crippen LogP contribution in [0.25, 0.3) is 0 Å². The lowest BCUT2D eigenvalue weighted by molar-refractivity contribution is -0.128. The molecule has 1 aliphatic heterocycles. The maximum absolute atomic E-state index is 12.7. The van der Waals surface area contributed by atoms with Gasteiger partial charge >= 0.3 is 0 Å². The van der Waals surface area contributed by atoms with E-state index < -0.39 is 0 Å². The second kappa shape index (κ2) is 8.35. The Morgan fingerprint density at radius 1 is 1.25 bits per heavy atom. The van der Waals surface area contributed by atoms with Crippen LogP contribution in [0.2, 0.25) is 0 Å². The molecule has 1 saturated heterocycles. The van der Waals surface area contributed by atoms with Crippen LogP contribution in [0, 0.1) is 0 Å². The van der Waals surface area contributed by atoms with Gasteiger partial charge in [0.15, 0.2) is 0 Å². The van der Waals surface area contributed by atoms with Gasteiger partial charge in [-0.3, -0.25) is 9.69 Å². The van der Waals surface area contributed by atoms with Crippen LogP contribution in [0.1, 0.15) is 41.8 Å². The third kappa shape index (κ3) is 4.39. The standard InChI is InChI=1S/C18H24N4OS/c1-2-16-20-21-17(24-16)12-19-18(23)15-10-6-7-11-22(15)13-14-8-4-3-5-9-14/h3-5,8-9,15H,2,6-7,10-13H2,1H3,(H,19,23)/t15-/m0/s1. The molecule has 0 aliphatic carbocycles. The maximum atomic E-state index is 12.7. The number of aryl methyl sites for hydroxylation is 1. The van der Waals surface area contributed by atoms with E-state index in [9.17, 15) is 4.79 Å². The van der Waals surface area contributed by atoms with Crippen LogP contribution >= 0.6 is 11.3 Å². The molecule has 0 unspecified atom stereocenters. The summed E-state index contributed by atoms with van der Waals surface area (Å²) in [7, 11) is 0. The highest BCUT2D eigenvalue weighted by Gasteiger charge is 2.28. The van der Waals surface area contributed by atoms with Crippen LogP contribution in [0.4, 0.5) is 0 Å². The fourth-order valence-electron chi connectivity index (χ4n) is 3.08. The summed E-state index contributed by atoms with van der Waals surface area (Å²) >= 11 is 1.57. The second-order valence-electron chi connectivity index (χ2n) is 6.13. The molecule has 0 spiro atoms. The van der Waals surface area contributed by atoms with Crippen LogP contribution in [0.5, 0.6) is 0 Å². The first-order valence-corrected chi connectivity index (χ1v) is 9.45. The third-order valence-corrected chi connectivity index (χ3v) is 5.44. The molecule has 128 valence electrons. The van der Waals surface area contributed by atoms with Crippen LogP contribution in [0.3, 0.4) is 0 Å². The molecule has 1 aromatic carbocycles. The summed E-state index contributed by atoms with van der Waals surface area (Å²) in [5, 5.41) is 13.2. The molecule has 1 aromatic heterocycles. The van der Waals surface area contributed by atoms with Gasteiger partial charge in [-0.2, -0.15) is 0 Å². The van der Waals surface area contributed by atoms with Crippen LogP contribution in [-0.2, 0) is 24.3 Å². The highest BCUT2D eigenvalue weighted by molar-refractivity contribution is 7.11. The molecular formula is C18H24N4OS. The van der Waals surface area contributed by atoms with Gasteiger partial charge in [-0.1, -0.05) is 55.0 Å². The molecule has 1 aliphatic rings. The zero-order valence-electron chi connectivity index (χ0n) is 14.1. The summed E-state index contributed by atoms with van der Waals surface area (Å²) in [6.07, 6.45) is 4.09. The highest BCUT2D eigenvalue weighted by Crippen LogP contribution is 2.20. The van der Waals surface area contributed by atoms with Crippen LogP contribution in [0.15, 0.2) is 30.3 Å². The van der Waals surface area contributed by atoms with Gasteiger partial charge < -0.3 is 5.32 Å². The number of nitrogens with zero attached hydrogens (tertiary/aromatic N) is 3. The molecular weight excluding hydrogens is 320 g/mol. The van der Waals surface area contributed by atoms with Crippen molar-refractivity contribution in [1.29, 1.82) is 0 Å². The van der Waals surface area contributed by atoms with E-state index in [0.717, 1.165) is 48.8 Å². The lowest BCUT2D eigenvalue weighted by Gasteiger charge is -2.34. The van der Waals surface area contributed by atoms with Crippen LogP contribution < -0.4 is 5.32 Å². The zero-order valence-corrected chi connectivity index (χ0v) is 14.9. The number of carbonyl (C=O) groups excluding carboxylic acids is 1. The Morgan fingerprint density at radius 3 is 2.79 bits per heavy atom. The molecule has 6 heteroatoms. The molecule has 5 nitrogen and oxygen atoms in total. The fourth-order valence-corrected chi connectivity index (χ4v) is 3.80. The number of piperidine rings is 1. The monoisotopic (exact) mass is 344 g/mol. The third-order valence-electron chi connectivity index (χ3n) is 4.37. The number of hydrogen-bond acceptors (Lipinski definition) is 5. The molecule has 2 heterocycles. The van der Waals surface area contributed by atoms with Crippen LogP contribution in [-0.4, -0.2) is 33.6 Å². The predicted octanol–water partition coefficient (Wildman–Crippen LogP) is 2.77. The van der Waals surface area contributed by atoms with E-state index in [2.05, 4.69) is 51.6 Å². The molecule has 1 atom stereocenters. The van der Waals surface area contributed by atoms with Crippen molar-refractivity contribution >= 4 is 17.2 Å². The van der Waals surface area contributed by atoms with Crippen molar-refractivity contribution in [1.82, 2.24) is 20.4 Å². The van der Waals surface area contributed by atoms with Crippen molar-refractivity contribution in [3.8, 4) is 0 Å². The minimum atomic E-state index is -0.0440. The van der Waals surface area contributed by atoms with E-state index >= 15 is 0 Å². The quantitative estimate of drug-likeness (QED) is 0.875. The fraction of sp³-hybridized carbons (Fsp3) is 0.500. The first-order valence-electron chi connectivity index (χ1n) is 8.63. The van der Waals surface area contributed by atoms with Gasteiger partial charge in [0.2, 0.25) is 5.91 Å². The van der Waals surface area contributed by atoms with E-state index in [1.54, 1.807) is 11.3 Å². The van der Waals surface area contributed by atoms with Crippen molar-refractivity contribution in [3.63, 3.8) is 0 Å². The van der Waals surface area contributed by atoms with Gasteiger partial charge in [0, 0.05) is 6.54 Å². The smallest absolute Gasteiger partial charge is 0.237 e. The van der Waals surface area contributed by atoms with Crippen molar-refractivity contribution in [3.05, 3.63) is 45.9 Å². The molecule has 3 rings (SSSR count). The summed E-state index contributed by atoms with van der Waals surface area (Å²) in [5.41, 5.74) is 1.26. The number of carbonyl (C=O) groups is 1. The van der Waals surface area contributed by atoms with Crippen molar-refractivity contribution in [2.45, 2.75) is 51.7 Å². The number of benzene rings is 1. The largest absolute Gasteiger partial charge is 0.348 e. The molecule has 0 saturated carbocycles. The Labute approximate surface area is 147 Å². The Balaban J connectivity index is 1.58. The highest BCUT2D eigenvalue weighted by atomic mass is 32.1. The summed E-state index contributed by atoms with van der Waals surface area (Å²) < 4.78 is 0. The lowest BCUT2D eigenvalue weighted by atomic mass is 10.0. The molecule has 1 fully saturated rings. The number of nitrogens with one attached hydrogen (secondary N) is 1. The topological polar surface area (TPSA) is 58.1 Å². The predicted molar refractivity (Wildman–Crippen MR) is 95.6 cm³/mol. The minimum absolute atomic E-state index is 0.0440. The molecule has 0 bridgehead atoms. The Morgan fingerprint density at radius 2 is 2.04 bits per heavy atom. The van der Waals surface area contributed by atoms with Gasteiger partial charge in [-0.25, -0.2) is 0 Å². The number of rotatable bonds is 6. The van der Waals surface area contributed by atoms with E-state index in [1.807, 2.05) is 6.07 Å². The number of amides is 1. The van der Waals surface area contributed by atoms with Gasteiger partial charge in [0.05, 0.1) is 12.6 Å². The maximum Gasteiger partial charge on any atom is 0.237 e. The van der Waals surface area contributed by atoms with Gasteiger partial charge in [-0.05, 0) is 31.4 Å². The Bertz CT molecular complexity index is 658. The number of aromatic nitrogens is 2. The minimum Gasteiger partial charge on any atom is -0.348 e. The summed E-state index contributed by atoms with van der Waals surface area (Å²) in [6.45, 7) is 4.35. The summed E-state index contributed by atoms with van der Waals surface area (Å²) in [5.74, 6) is 0.110. The SMILES string of the molecule is CCc1nnc(CNC(=O)[C@@H]2CCCCN2Cc2ccccc2)s1. The average molecular weight is 344 g/mol. The van der Waals surface area contributed by atoms with Gasteiger partial charge in [-0.15, -0.1) is 10.2 Å². The molecule has 1 amide bonds. The molecule has 0 radical (unpaired) electrons. The van der Waals surface area contributed by atoms with Crippen molar-refractivity contribution < 1.29 is 4.79 Å². The number of hydrogen-bond donors (Lipinski definition) is 1. The van der Waals surface area contributed by atoms with E-state index in [-0.39, 0.29) is 11.9 Å². The zero-order chi connectivity index (χ0) is 16.8. The lowest BCUT2D eigenvalue weighted by Crippen LogP contribution is -2.48. The Kier molecular flexibility index (Phi) is 5.93. The van der Waals surface area contributed by atoms with E-state index in [4.69, 9.17) is 0 Å². The summed E-state index contributed by atoms with van der Waals surface area (Å²) in [6, 6.07) is 10.3. The Hall–Kier alpha value is -1.79. The molecule has 24 heavy (non-hydrogen) atoms. The first kappa shape index (κ1) is 17.0. The van der Waals surface area contributed by atoms with E-state index in [1.165, 1.54) is 5.56 Å².